The topological polar surface area (TPSA) is 247 Å². The minimum absolute atomic E-state index is 0. The summed E-state index contributed by atoms with van der Waals surface area (Å²) in [5.74, 6) is 0. The Kier molecular flexibility index (Phi) is 21.6. The van der Waals surface area contributed by atoms with E-state index in [1.807, 2.05) is 44.4 Å². The highest BCUT2D eigenvalue weighted by Crippen LogP contribution is 2.40. The monoisotopic (exact) mass is 920 g/mol. The first-order valence-electron chi connectivity index (χ1n) is 17.6. The molecule has 2 aromatic heterocycles. The average molecular weight is 922 g/mol. The summed E-state index contributed by atoms with van der Waals surface area (Å²) in [5.41, 5.74) is 3.17. The first kappa shape index (κ1) is 51.8. The van der Waals surface area contributed by atoms with Gasteiger partial charge in [0.1, 0.15) is 4.90 Å². The number of fused-ring (bicyclic) bond motifs is 2. The number of aromatic amines is 2. The molecular weight excluding hydrogens is 876 g/mol. The summed E-state index contributed by atoms with van der Waals surface area (Å²) in [6.45, 7) is 1.24. The van der Waals surface area contributed by atoms with Gasteiger partial charge in [-0.05, 0) is 84.0 Å². The van der Waals surface area contributed by atoms with Gasteiger partial charge in [0.2, 0.25) is 0 Å². The van der Waals surface area contributed by atoms with E-state index in [0.717, 1.165) is 52.7 Å². The van der Waals surface area contributed by atoms with Crippen LogP contribution in [0.15, 0.2) is 106 Å². The van der Waals surface area contributed by atoms with E-state index in [1.165, 1.54) is 46.4 Å². The van der Waals surface area contributed by atoms with E-state index in [-0.39, 0.29) is 53.5 Å². The molecule has 2 heterocycles. The smallest absolute Gasteiger partial charge is 0.290 e. The summed E-state index contributed by atoms with van der Waals surface area (Å²) in [6, 6.07) is 23.6. The molecule has 0 saturated heterocycles. The normalized spacial score (nSPS) is 11.5. The summed E-state index contributed by atoms with van der Waals surface area (Å²) >= 11 is 1.20. The number of methoxy groups -OCH3 is 2. The van der Waals surface area contributed by atoms with E-state index in [0.29, 0.717) is 34.9 Å². The lowest BCUT2D eigenvalue weighted by atomic mass is 10.1. The third kappa shape index (κ3) is 14.1. The molecule has 61 heavy (non-hydrogen) atoms. The number of halogens is 2. The minimum atomic E-state index is -0.711. The Morgan fingerprint density at radius 1 is 0.689 bits per heavy atom. The molecule has 0 spiro atoms. The van der Waals surface area contributed by atoms with Crippen molar-refractivity contribution >= 4 is 90.4 Å². The molecule has 4 N–H and O–H groups in total. The highest BCUT2D eigenvalue weighted by Gasteiger charge is 2.24. The van der Waals surface area contributed by atoms with Crippen molar-refractivity contribution in [2.75, 3.05) is 41.5 Å². The Labute approximate surface area is 370 Å². The van der Waals surface area contributed by atoms with Crippen molar-refractivity contribution in [1.29, 1.82) is 0 Å². The fraction of sp³-hybridized carbons (Fsp3) is 0.282. The van der Waals surface area contributed by atoms with E-state index in [2.05, 4.69) is 45.0 Å². The number of H-pyrrole nitrogens is 2. The van der Waals surface area contributed by atoms with Crippen LogP contribution >= 0.6 is 45.8 Å². The van der Waals surface area contributed by atoms with Gasteiger partial charge in [0, 0.05) is 66.4 Å². The van der Waals surface area contributed by atoms with Crippen molar-refractivity contribution in [2.45, 2.75) is 47.2 Å². The van der Waals surface area contributed by atoms with Crippen molar-refractivity contribution in [1.82, 2.24) is 20.6 Å². The first-order chi connectivity index (χ1) is 28.3. The van der Waals surface area contributed by atoms with Crippen molar-refractivity contribution in [3.05, 3.63) is 143 Å². The van der Waals surface area contributed by atoms with Crippen LogP contribution in [0.25, 0.3) is 21.8 Å². The van der Waals surface area contributed by atoms with Crippen LogP contribution in [-0.2, 0) is 22.3 Å². The van der Waals surface area contributed by atoms with E-state index in [4.69, 9.17) is 20.2 Å². The van der Waals surface area contributed by atoms with Crippen LogP contribution < -0.4 is 10.6 Å². The highest BCUT2D eigenvalue weighted by atomic mass is 35.7. The summed E-state index contributed by atoms with van der Waals surface area (Å²) < 4.78 is 10.5. The summed E-state index contributed by atoms with van der Waals surface area (Å²) in [5, 5.41) is 52.8. The molecule has 0 fully saturated rings. The van der Waals surface area contributed by atoms with Gasteiger partial charge in [-0.2, -0.15) is 0 Å². The van der Waals surface area contributed by atoms with E-state index < -0.39 is 19.7 Å². The van der Waals surface area contributed by atoms with Crippen LogP contribution in [0.2, 0.25) is 0 Å². The Balaban J connectivity index is 0.000000340. The van der Waals surface area contributed by atoms with E-state index in [9.17, 15) is 40.5 Å². The van der Waals surface area contributed by atoms with Crippen molar-refractivity contribution in [3.8, 4) is 0 Å². The number of rotatable bonds is 17. The Hall–Kier alpha value is -5.32. The van der Waals surface area contributed by atoms with Gasteiger partial charge < -0.3 is 30.1 Å². The molecule has 18 nitrogen and oxygen atoms in total. The molecule has 0 bridgehead atoms. The second-order valence-electron chi connectivity index (χ2n) is 12.6. The van der Waals surface area contributed by atoms with Gasteiger partial charge in [-0.15, -0.1) is 12.4 Å². The maximum absolute atomic E-state index is 11.5. The minimum Gasteiger partial charge on any atom is -0.383 e. The predicted molar refractivity (Wildman–Crippen MR) is 243 cm³/mol. The molecule has 6 aromatic rings. The number of benzene rings is 4. The number of nitrogens with zero attached hydrogens (tertiary/aromatic N) is 4. The predicted octanol–water partition coefficient (Wildman–Crippen LogP) is 9.66. The number of hydrogen-bond acceptors (Lipinski definition) is 14. The zero-order chi connectivity index (χ0) is 43.1. The molecule has 6 rings (SSSR count). The fourth-order valence-electron chi connectivity index (χ4n) is 5.95. The zero-order valence-corrected chi connectivity index (χ0v) is 35.8. The average Bonchev–Trinajstić information content (AvgIpc) is 3.80. The zero-order valence-electron chi connectivity index (χ0n) is 32.6. The molecule has 0 radical (unpaired) electrons. The van der Waals surface area contributed by atoms with Crippen molar-refractivity contribution in [3.63, 3.8) is 0 Å². The fourth-order valence-corrected chi connectivity index (χ4v) is 7.75. The lowest BCUT2D eigenvalue weighted by Crippen LogP contribution is -2.32. The number of nitro benzene ring substituents is 4. The molecule has 4 aromatic carbocycles. The van der Waals surface area contributed by atoms with Gasteiger partial charge in [-0.3, -0.25) is 40.5 Å². The highest BCUT2D eigenvalue weighted by molar-refractivity contribution is 8.21. The van der Waals surface area contributed by atoms with Gasteiger partial charge in [0.25, 0.3) is 22.7 Å². The molecule has 2 unspecified atom stereocenters. The van der Waals surface area contributed by atoms with Gasteiger partial charge in [-0.25, -0.2) is 0 Å². The molecule has 0 amide bonds. The quantitative estimate of drug-likeness (QED) is 0.0491. The van der Waals surface area contributed by atoms with Gasteiger partial charge in [0.15, 0.2) is 0 Å². The van der Waals surface area contributed by atoms with E-state index in [1.54, 1.807) is 14.2 Å². The Bertz CT molecular complexity index is 2400. The maximum Gasteiger partial charge on any atom is 0.290 e. The number of hydrogen-bond donors (Lipinski definition) is 4. The molecule has 2 atom stereocenters. The number of non-ortho nitro benzene ring substituents is 2. The second-order valence-corrected chi connectivity index (χ2v) is 14.7. The second kappa shape index (κ2) is 25.5. The molecule has 22 heteroatoms. The number of nitrogens with one attached hydrogen (secondary N) is 4. The maximum atomic E-state index is 11.5. The van der Waals surface area contributed by atoms with Crippen molar-refractivity contribution < 1.29 is 29.2 Å². The SMILES string of the molecule is C.CNC(COC)Cc1c(Sc2ccc([N+](=O)[O-])cc2[N+](=O)[O-])[nH]c2ccccc12.CNC(COC)Cc1c[nH]c2ccccc12.Cl.O=[N+]([O-])c1ccc(SCl)c([N+](=O)[O-])c1. The summed E-state index contributed by atoms with van der Waals surface area (Å²) in [7, 11) is 13.2. The Morgan fingerprint density at radius 2 is 1.18 bits per heavy atom. The number of para-hydroxylation sites is 2. The van der Waals surface area contributed by atoms with Crippen molar-refractivity contribution in [2.24, 2.45) is 0 Å². The third-order valence-electron chi connectivity index (χ3n) is 8.91. The third-order valence-corrected chi connectivity index (χ3v) is 11.0. The van der Waals surface area contributed by atoms with Crippen LogP contribution in [0.1, 0.15) is 18.6 Å². The van der Waals surface area contributed by atoms with Crippen LogP contribution in [0.3, 0.4) is 0 Å². The molecule has 328 valence electrons. The first-order valence-corrected chi connectivity index (χ1v) is 20.1. The summed E-state index contributed by atoms with van der Waals surface area (Å²) in [4.78, 5) is 47.7. The van der Waals surface area contributed by atoms with E-state index >= 15 is 0 Å². The molecule has 0 aliphatic rings. The number of likely N-dealkylation sites (N-methyl/N-ethyl adjacent to an activating group) is 2. The van der Waals surface area contributed by atoms with Crippen LogP contribution in [0.4, 0.5) is 22.7 Å². The Morgan fingerprint density at radius 3 is 1.69 bits per heavy atom. The molecular formula is C39H46Cl2N8O10S2. The standard InChI is InChI=1S/C19H20N4O5S.C13H18N2O.C6H3ClN2O4S.CH4.ClH/c1-20-12(11-28-2)9-15-14-5-3-4-6-16(14)21-19(15)29-18-8-7-13(22(24)25)10-17(18)23(26)27;1-14-11(9-16-2)7-10-8-15-13-6-4-3-5-12(10)13;7-14-6-2-1-4(8(10)11)3-5(6)9(12)13;;/h3-8,10,12,20-21H,9,11H2,1-2H3;3-6,8,11,14-15H,7,9H2,1-2H3;1-3H;1H4;1H. The van der Waals surface area contributed by atoms with Crippen LogP contribution in [0.5, 0.6) is 0 Å². The number of ether oxygens (including phenoxy) is 2. The number of aromatic nitrogens is 2. The van der Waals surface area contributed by atoms with Crippen LogP contribution in [-0.4, -0.2) is 83.3 Å². The molecule has 0 aliphatic carbocycles. The molecule has 0 aliphatic heterocycles. The van der Waals surface area contributed by atoms with Gasteiger partial charge in [-0.1, -0.05) is 55.6 Å². The largest absolute Gasteiger partial charge is 0.383 e. The molecule has 0 saturated carbocycles. The lowest BCUT2D eigenvalue weighted by Gasteiger charge is -2.15. The van der Waals surface area contributed by atoms with Crippen LogP contribution in [0, 0.1) is 40.5 Å². The van der Waals surface area contributed by atoms with Gasteiger partial charge in [0.05, 0.1) is 55.0 Å². The summed E-state index contributed by atoms with van der Waals surface area (Å²) in [6.07, 6.45) is 3.72. The lowest BCUT2D eigenvalue weighted by molar-refractivity contribution is -0.396. The van der Waals surface area contributed by atoms with Gasteiger partial charge >= 0.3 is 0 Å². The number of nitro groups is 4.